The van der Waals surface area contributed by atoms with Crippen LogP contribution in [-0.2, 0) is 4.79 Å². The van der Waals surface area contributed by atoms with Gasteiger partial charge in [-0.1, -0.05) is 15.9 Å². The number of carboxylic acids is 1. The molecule has 0 aliphatic rings. The van der Waals surface area contributed by atoms with Crippen LogP contribution in [0.5, 0.6) is 0 Å². The molecular formula is C8H7BrN2O4. The van der Waals surface area contributed by atoms with E-state index in [1.54, 1.807) is 0 Å². The van der Waals surface area contributed by atoms with Gasteiger partial charge in [0.25, 0.3) is 5.69 Å². The number of halogens is 1. The van der Waals surface area contributed by atoms with E-state index in [0.29, 0.717) is 4.47 Å². The first-order valence-corrected chi connectivity index (χ1v) is 4.65. The summed E-state index contributed by atoms with van der Waals surface area (Å²) >= 11 is 3.06. The van der Waals surface area contributed by atoms with Crippen molar-refractivity contribution in [1.82, 2.24) is 0 Å². The lowest BCUT2D eigenvalue weighted by atomic mass is 10.1. The SMILES string of the molecule is NC(C(=O)O)c1ccc(Br)cc1[N+](=O)[O-]. The van der Waals surface area contributed by atoms with Gasteiger partial charge >= 0.3 is 5.97 Å². The number of rotatable bonds is 3. The molecular weight excluding hydrogens is 268 g/mol. The second kappa shape index (κ2) is 4.37. The molecule has 0 saturated carbocycles. The highest BCUT2D eigenvalue weighted by atomic mass is 79.9. The van der Waals surface area contributed by atoms with Gasteiger partial charge in [-0.2, -0.15) is 0 Å². The van der Waals surface area contributed by atoms with Crippen molar-refractivity contribution in [1.29, 1.82) is 0 Å². The van der Waals surface area contributed by atoms with E-state index >= 15 is 0 Å². The number of nitrogens with zero attached hydrogens (tertiary/aromatic N) is 1. The van der Waals surface area contributed by atoms with Gasteiger partial charge in [-0.25, -0.2) is 0 Å². The molecule has 0 bridgehead atoms. The standard InChI is InChI=1S/C8H7BrN2O4/c9-4-1-2-5(7(10)8(12)13)6(3-4)11(14)15/h1-3,7H,10H2,(H,12,13). The Hall–Kier alpha value is -1.47. The zero-order valence-electron chi connectivity index (χ0n) is 7.38. The summed E-state index contributed by atoms with van der Waals surface area (Å²) < 4.78 is 0.496. The molecule has 0 aliphatic carbocycles. The van der Waals surface area contributed by atoms with Crippen LogP contribution in [0.25, 0.3) is 0 Å². The fourth-order valence-electron chi connectivity index (χ4n) is 1.07. The maximum atomic E-state index is 10.6. The summed E-state index contributed by atoms with van der Waals surface area (Å²) in [7, 11) is 0. The maximum Gasteiger partial charge on any atom is 0.325 e. The van der Waals surface area contributed by atoms with E-state index in [-0.39, 0.29) is 11.3 Å². The predicted molar refractivity (Wildman–Crippen MR) is 55.4 cm³/mol. The second-order valence-electron chi connectivity index (χ2n) is 2.78. The molecule has 0 saturated heterocycles. The van der Waals surface area contributed by atoms with Crippen LogP contribution in [0.15, 0.2) is 22.7 Å². The van der Waals surface area contributed by atoms with Crippen LogP contribution >= 0.6 is 15.9 Å². The first-order valence-electron chi connectivity index (χ1n) is 3.85. The largest absolute Gasteiger partial charge is 0.480 e. The summed E-state index contributed by atoms with van der Waals surface area (Å²) in [6, 6.07) is 2.66. The van der Waals surface area contributed by atoms with Gasteiger partial charge in [-0.3, -0.25) is 14.9 Å². The Morgan fingerprint density at radius 3 is 2.67 bits per heavy atom. The normalized spacial score (nSPS) is 12.1. The monoisotopic (exact) mass is 274 g/mol. The van der Waals surface area contributed by atoms with Gasteiger partial charge in [0.2, 0.25) is 0 Å². The molecule has 0 aromatic heterocycles. The lowest BCUT2D eigenvalue weighted by Crippen LogP contribution is -2.21. The predicted octanol–water partition coefficient (Wildman–Crippen LogP) is 1.44. The van der Waals surface area contributed by atoms with Crippen molar-refractivity contribution in [3.8, 4) is 0 Å². The molecule has 3 N–H and O–H groups in total. The fraction of sp³-hybridized carbons (Fsp3) is 0.125. The number of carbonyl (C=O) groups is 1. The van der Waals surface area contributed by atoms with Crippen LogP contribution < -0.4 is 5.73 Å². The summed E-state index contributed by atoms with van der Waals surface area (Å²) in [4.78, 5) is 20.6. The third kappa shape index (κ3) is 2.51. The number of aliphatic carboxylic acids is 1. The van der Waals surface area contributed by atoms with Crippen LogP contribution in [0.3, 0.4) is 0 Å². The van der Waals surface area contributed by atoms with Gasteiger partial charge in [0.05, 0.1) is 10.5 Å². The fourth-order valence-corrected chi connectivity index (χ4v) is 1.42. The molecule has 1 rings (SSSR count). The van der Waals surface area contributed by atoms with E-state index in [1.807, 2.05) is 0 Å². The van der Waals surface area contributed by atoms with E-state index in [0.717, 1.165) is 0 Å². The summed E-state index contributed by atoms with van der Waals surface area (Å²) in [5, 5.41) is 19.3. The minimum absolute atomic E-state index is 0.0179. The molecule has 1 unspecified atom stereocenters. The second-order valence-corrected chi connectivity index (χ2v) is 3.69. The Bertz CT molecular complexity index is 421. The number of benzene rings is 1. The zero-order chi connectivity index (χ0) is 11.6. The van der Waals surface area contributed by atoms with Crippen molar-refractivity contribution in [3.05, 3.63) is 38.3 Å². The van der Waals surface area contributed by atoms with Gasteiger partial charge < -0.3 is 10.8 Å². The minimum atomic E-state index is -1.39. The third-order valence-electron chi connectivity index (χ3n) is 1.79. The lowest BCUT2D eigenvalue weighted by Gasteiger charge is -2.07. The van der Waals surface area contributed by atoms with Crippen molar-refractivity contribution >= 4 is 27.6 Å². The molecule has 0 fully saturated rings. The quantitative estimate of drug-likeness (QED) is 0.641. The third-order valence-corrected chi connectivity index (χ3v) is 2.28. The minimum Gasteiger partial charge on any atom is -0.480 e. The van der Waals surface area contributed by atoms with Gasteiger partial charge in [-0.05, 0) is 12.1 Å². The summed E-state index contributed by atoms with van der Waals surface area (Å²) in [5.74, 6) is -1.31. The molecule has 1 aromatic carbocycles. The highest BCUT2D eigenvalue weighted by Crippen LogP contribution is 2.27. The molecule has 15 heavy (non-hydrogen) atoms. The van der Waals surface area contributed by atoms with Gasteiger partial charge in [0.15, 0.2) is 0 Å². The van der Waals surface area contributed by atoms with Crippen LogP contribution in [-0.4, -0.2) is 16.0 Å². The van der Waals surface area contributed by atoms with Crippen LogP contribution in [0.1, 0.15) is 11.6 Å². The lowest BCUT2D eigenvalue weighted by molar-refractivity contribution is -0.385. The molecule has 0 radical (unpaired) electrons. The summed E-state index contributed by atoms with van der Waals surface area (Å²) in [6.45, 7) is 0. The molecule has 0 aliphatic heterocycles. The number of nitro benzene ring substituents is 1. The van der Waals surface area contributed by atoms with E-state index in [1.165, 1.54) is 18.2 Å². The van der Waals surface area contributed by atoms with Crippen molar-refractivity contribution in [3.63, 3.8) is 0 Å². The molecule has 6 nitrogen and oxygen atoms in total. The topological polar surface area (TPSA) is 106 Å². The average molecular weight is 275 g/mol. The van der Waals surface area contributed by atoms with E-state index in [9.17, 15) is 14.9 Å². The Labute approximate surface area is 93.0 Å². The molecule has 80 valence electrons. The molecule has 0 spiro atoms. The molecule has 1 atom stereocenters. The number of carboxylic acid groups (broad SMARTS) is 1. The number of hydrogen-bond donors (Lipinski definition) is 2. The Kier molecular flexibility index (Phi) is 3.38. The van der Waals surface area contributed by atoms with E-state index < -0.39 is 16.9 Å². The highest BCUT2D eigenvalue weighted by molar-refractivity contribution is 9.10. The van der Waals surface area contributed by atoms with E-state index in [4.69, 9.17) is 10.8 Å². The highest BCUT2D eigenvalue weighted by Gasteiger charge is 2.24. The van der Waals surface area contributed by atoms with Crippen LogP contribution in [0.2, 0.25) is 0 Å². The number of nitro groups is 1. The Balaban J connectivity index is 3.28. The molecule has 1 aromatic rings. The number of hydrogen-bond acceptors (Lipinski definition) is 4. The van der Waals surface area contributed by atoms with Crippen LogP contribution in [0, 0.1) is 10.1 Å². The van der Waals surface area contributed by atoms with Gasteiger partial charge in [-0.15, -0.1) is 0 Å². The average Bonchev–Trinajstić information content (AvgIpc) is 2.16. The Morgan fingerprint density at radius 2 is 2.20 bits per heavy atom. The summed E-state index contributed by atoms with van der Waals surface area (Å²) in [5.41, 5.74) is 4.98. The van der Waals surface area contributed by atoms with Gasteiger partial charge in [0.1, 0.15) is 6.04 Å². The Morgan fingerprint density at radius 1 is 1.60 bits per heavy atom. The summed E-state index contributed by atoms with van der Waals surface area (Å²) in [6.07, 6.45) is 0. The van der Waals surface area contributed by atoms with Crippen molar-refractivity contribution in [2.75, 3.05) is 0 Å². The van der Waals surface area contributed by atoms with Crippen molar-refractivity contribution < 1.29 is 14.8 Å². The van der Waals surface area contributed by atoms with Crippen molar-refractivity contribution in [2.45, 2.75) is 6.04 Å². The molecule has 7 heteroatoms. The molecule has 0 amide bonds. The van der Waals surface area contributed by atoms with Gasteiger partial charge in [0, 0.05) is 10.5 Å². The van der Waals surface area contributed by atoms with Crippen molar-refractivity contribution in [2.24, 2.45) is 5.73 Å². The smallest absolute Gasteiger partial charge is 0.325 e. The first-order chi connectivity index (χ1) is 6.93. The van der Waals surface area contributed by atoms with Crippen LogP contribution in [0.4, 0.5) is 5.69 Å². The molecule has 0 heterocycles. The maximum absolute atomic E-state index is 10.6. The first kappa shape index (κ1) is 11.6. The van der Waals surface area contributed by atoms with E-state index in [2.05, 4.69) is 15.9 Å². The number of nitrogens with two attached hydrogens (primary N) is 1. The zero-order valence-corrected chi connectivity index (χ0v) is 8.97.